The first kappa shape index (κ1) is 24.9. The van der Waals surface area contributed by atoms with Gasteiger partial charge in [0.25, 0.3) is 5.91 Å². The molecule has 0 fully saturated rings. The highest BCUT2D eigenvalue weighted by atomic mass is 16.5. The summed E-state index contributed by atoms with van der Waals surface area (Å²) in [6.45, 7) is 5.84. The summed E-state index contributed by atoms with van der Waals surface area (Å²) in [6, 6.07) is 11.9. The minimum atomic E-state index is -0.904. The highest BCUT2D eigenvalue weighted by Gasteiger charge is 2.11. The molecule has 0 radical (unpaired) electrons. The lowest BCUT2D eigenvalue weighted by Crippen LogP contribution is -2.37. The number of benzene rings is 2. The molecule has 174 valence electrons. The molecule has 0 aliphatic carbocycles. The minimum absolute atomic E-state index is 0.173. The Kier molecular flexibility index (Phi) is 9.94. The predicted molar refractivity (Wildman–Crippen MR) is 124 cm³/mol. The Morgan fingerprint density at radius 1 is 1.03 bits per heavy atom. The number of amides is 3. The lowest BCUT2D eigenvalue weighted by molar-refractivity contribution is -0.139. The number of nitrogens with one attached hydrogen (secondary N) is 3. The molecule has 3 amide bonds. The summed E-state index contributed by atoms with van der Waals surface area (Å²) >= 11 is 0. The molecule has 0 heterocycles. The molecule has 2 aromatic rings. The van der Waals surface area contributed by atoms with Gasteiger partial charge in [-0.2, -0.15) is 5.10 Å². The normalized spacial score (nSPS) is 10.2. The number of methoxy groups -OCH3 is 1. The van der Waals surface area contributed by atoms with Crippen LogP contribution in [-0.2, 0) is 14.4 Å². The van der Waals surface area contributed by atoms with Gasteiger partial charge in [-0.3, -0.25) is 14.4 Å². The van der Waals surface area contributed by atoms with Crippen molar-refractivity contribution >= 4 is 29.6 Å². The standard InChI is InChI=1S/C23H26N4O6/c1-4-12-24-22(29)23(30)27-25-14-16-6-11-19(20(13-16)31-3)33-15-21(28)26-17-7-9-18(10-8-17)32-5-2/h4,6-11,13-14H,1,5,12,15H2,2-3H3,(H,24,29)(H,26,28)(H,27,30)/b25-14-. The van der Waals surface area contributed by atoms with Gasteiger partial charge in [0.1, 0.15) is 5.75 Å². The van der Waals surface area contributed by atoms with Crippen molar-refractivity contribution in [2.75, 3.05) is 32.2 Å². The second-order valence-electron chi connectivity index (χ2n) is 6.40. The maximum absolute atomic E-state index is 12.2. The molecular formula is C23H26N4O6. The molecule has 10 heteroatoms. The summed E-state index contributed by atoms with van der Waals surface area (Å²) in [6.07, 6.45) is 2.79. The van der Waals surface area contributed by atoms with Crippen LogP contribution in [0, 0.1) is 0 Å². The van der Waals surface area contributed by atoms with Crippen molar-refractivity contribution < 1.29 is 28.6 Å². The van der Waals surface area contributed by atoms with Gasteiger partial charge < -0.3 is 24.8 Å². The van der Waals surface area contributed by atoms with Gasteiger partial charge in [-0.1, -0.05) is 6.08 Å². The van der Waals surface area contributed by atoms with Gasteiger partial charge in [-0.05, 0) is 55.0 Å². The summed E-state index contributed by atoms with van der Waals surface area (Å²) in [4.78, 5) is 35.2. The van der Waals surface area contributed by atoms with E-state index in [4.69, 9.17) is 14.2 Å². The lowest BCUT2D eigenvalue weighted by atomic mass is 10.2. The quantitative estimate of drug-likeness (QED) is 0.206. The van der Waals surface area contributed by atoms with E-state index in [1.54, 1.807) is 42.5 Å². The average molecular weight is 454 g/mol. The van der Waals surface area contributed by atoms with Crippen molar-refractivity contribution in [3.8, 4) is 17.2 Å². The number of nitrogens with zero attached hydrogens (tertiary/aromatic N) is 1. The molecule has 0 saturated carbocycles. The molecular weight excluding hydrogens is 428 g/mol. The molecule has 2 aromatic carbocycles. The van der Waals surface area contributed by atoms with E-state index in [1.165, 1.54) is 19.4 Å². The van der Waals surface area contributed by atoms with Crippen LogP contribution < -0.4 is 30.3 Å². The summed E-state index contributed by atoms with van der Waals surface area (Å²) in [5, 5.41) is 8.80. The molecule has 0 spiro atoms. The van der Waals surface area contributed by atoms with E-state index in [2.05, 4.69) is 27.7 Å². The summed E-state index contributed by atoms with van der Waals surface area (Å²) in [5.74, 6) is -0.636. The average Bonchev–Trinajstić information content (AvgIpc) is 2.82. The van der Waals surface area contributed by atoms with Crippen LogP contribution in [-0.4, -0.2) is 50.8 Å². The molecule has 0 aliphatic heterocycles. The molecule has 0 unspecified atom stereocenters. The van der Waals surface area contributed by atoms with Crippen molar-refractivity contribution in [2.45, 2.75) is 6.92 Å². The maximum Gasteiger partial charge on any atom is 0.329 e. The van der Waals surface area contributed by atoms with Crippen LogP contribution in [0.15, 0.2) is 60.2 Å². The molecule has 33 heavy (non-hydrogen) atoms. The molecule has 10 nitrogen and oxygen atoms in total. The van der Waals surface area contributed by atoms with Crippen LogP contribution in [0.25, 0.3) is 0 Å². The van der Waals surface area contributed by atoms with Gasteiger partial charge in [-0.25, -0.2) is 5.43 Å². The number of carbonyl (C=O) groups is 3. The number of hydrogen-bond donors (Lipinski definition) is 3. The third-order valence-electron chi connectivity index (χ3n) is 3.99. The van der Waals surface area contributed by atoms with Crippen LogP contribution >= 0.6 is 0 Å². The van der Waals surface area contributed by atoms with Gasteiger partial charge >= 0.3 is 11.8 Å². The Bertz CT molecular complexity index is 1000. The number of rotatable bonds is 11. The first-order chi connectivity index (χ1) is 16.0. The Morgan fingerprint density at radius 2 is 1.79 bits per heavy atom. The SMILES string of the molecule is C=CCNC(=O)C(=O)N/N=C\c1ccc(OCC(=O)Nc2ccc(OCC)cc2)c(OC)c1. The van der Waals surface area contributed by atoms with Gasteiger partial charge in [0.2, 0.25) is 0 Å². The third-order valence-corrected chi connectivity index (χ3v) is 3.99. The van der Waals surface area contributed by atoms with E-state index in [-0.39, 0.29) is 19.1 Å². The zero-order valence-electron chi connectivity index (χ0n) is 18.4. The number of carbonyl (C=O) groups excluding carboxylic acids is 3. The lowest BCUT2D eigenvalue weighted by Gasteiger charge is -2.12. The smallest absolute Gasteiger partial charge is 0.329 e. The molecule has 0 saturated heterocycles. The zero-order chi connectivity index (χ0) is 24.1. The topological polar surface area (TPSA) is 127 Å². The van der Waals surface area contributed by atoms with Crippen LogP contribution in [0.1, 0.15) is 12.5 Å². The van der Waals surface area contributed by atoms with Crippen molar-refractivity contribution in [3.05, 3.63) is 60.7 Å². The monoisotopic (exact) mass is 454 g/mol. The first-order valence-corrected chi connectivity index (χ1v) is 10.0. The van der Waals surface area contributed by atoms with E-state index >= 15 is 0 Å². The highest BCUT2D eigenvalue weighted by Crippen LogP contribution is 2.27. The predicted octanol–water partition coefficient (Wildman–Crippen LogP) is 1.86. The van der Waals surface area contributed by atoms with Gasteiger partial charge in [0.15, 0.2) is 18.1 Å². The Labute approximate surface area is 191 Å². The van der Waals surface area contributed by atoms with Crippen LogP contribution in [0.3, 0.4) is 0 Å². The Hall–Kier alpha value is -4.34. The largest absolute Gasteiger partial charge is 0.494 e. The Morgan fingerprint density at radius 3 is 2.45 bits per heavy atom. The Balaban J connectivity index is 1.89. The van der Waals surface area contributed by atoms with Crippen LogP contribution in [0.4, 0.5) is 5.69 Å². The van der Waals surface area contributed by atoms with Crippen LogP contribution in [0.2, 0.25) is 0 Å². The van der Waals surface area contributed by atoms with E-state index < -0.39 is 11.8 Å². The molecule has 0 aliphatic rings. The number of ether oxygens (including phenoxy) is 3. The fraction of sp³-hybridized carbons (Fsp3) is 0.217. The van der Waals surface area contributed by atoms with Crippen LogP contribution in [0.5, 0.6) is 17.2 Å². The van der Waals surface area contributed by atoms with Crippen molar-refractivity contribution in [3.63, 3.8) is 0 Å². The fourth-order valence-corrected chi connectivity index (χ4v) is 2.49. The molecule has 0 aromatic heterocycles. The summed E-state index contributed by atoms with van der Waals surface area (Å²) < 4.78 is 16.2. The van der Waals surface area contributed by atoms with Gasteiger partial charge in [0.05, 0.1) is 19.9 Å². The molecule has 2 rings (SSSR count). The van der Waals surface area contributed by atoms with Crippen molar-refractivity contribution in [1.82, 2.24) is 10.7 Å². The fourth-order valence-electron chi connectivity index (χ4n) is 2.49. The van der Waals surface area contributed by atoms with E-state index in [0.717, 1.165) is 5.75 Å². The van der Waals surface area contributed by atoms with Gasteiger partial charge in [0, 0.05) is 12.2 Å². The van der Waals surface area contributed by atoms with E-state index in [0.29, 0.717) is 29.4 Å². The minimum Gasteiger partial charge on any atom is -0.494 e. The van der Waals surface area contributed by atoms with E-state index in [9.17, 15) is 14.4 Å². The summed E-state index contributed by atoms with van der Waals surface area (Å²) in [7, 11) is 1.45. The third kappa shape index (κ3) is 8.37. The zero-order valence-corrected chi connectivity index (χ0v) is 18.4. The van der Waals surface area contributed by atoms with Crippen molar-refractivity contribution in [1.29, 1.82) is 0 Å². The molecule has 0 atom stereocenters. The second kappa shape index (κ2) is 13.2. The first-order valence-electron chi connectivity index (χ1n) is 10.0. The number of hydrazone groups is 1. The number of hydrogen-bond acceptors (Lipinski definition) is 7. The second-order valence-corrected chi connectivity index (χ2v) is 6.40. The molecule has 3 N–H and O–H groups in total. The van der Waals surface area contributed by atoms with Crippen molar-refractivity contribution in [2.24, 2.45) is 5.10 Å². The van der Waals surface area contributed by atoms with E-state index in [1.807, 2.05) is 6.92 Å². The number of anilines is 1. The summed E-state index contributed by atoms with van der Waals surface area (Å²) in [5.41, 5.74) is 3.31. The highest BCUT2D eigenvalue weighted by molar-refractivity contribution is 6.35. The maximum atomic E-state index is 12.2. The van der Waals surface area contributed by atoms with Gasteiger partial charge in [-0.15, -0.1) is 6.58 Å². The molecule has 0 bridgehead atoms.